The highest BCUT2D eigenvalue weighted by molar-refractivity contribution is 7.85. The standard InChI is InChI=1S/2C18H20FN5O4.2CH4O3S.H2O/c2*1-28-22-14-8-23(6-9(14)5-20)17-13(19)4-11-15(25)12(18(26)27)7-24(10-2-3-10)16(11)21-17;2*1-5(2,3)4;/h2*4,7,9-10H,2-3,5-6,8,20H2,1H3,(H,26,27);2*1H3,(H,2,3,4);1H2/t2*9-;;;/m00.../s1. The molecule has 10 N–H and O–H groups in total. The van der Waals surface area contributed by atoms with Gasteiger partial charge in [-0.2, -0.15) is 16.8 Å². The number of anilines is 2. The minimum Gasteiger partial charge on any atom is -0.477 e. The quantitative estimate of drug-likeness (QED) is 0.0907. The minimum absolute atomic E-state index is 0. The number of aromatic nitrogens is 4. The van der Waals surface area contributed by atoms with Crippen molar-refractivity contribution >= 4 is 77.3 Å². The highest BCUT2D eigenvalue weighted by Gasteiger charge is 2.35. The average Bonchev–Trinajstić information content (AvgIpc) is 4.16. The maximum Gasteiger partial charge on any atom is 0.341 e. The van der Waals surface area contributed by atoms with Crippen LogP contribution in [-0.2, 0) is 29.9 Å². The van der Waals surface area contributed by atoms with E-state index >= 15 is 0 Å². The summed E-state index contributed by atoms with van der Waals surface area (Å²) in [6, 6.07) is 2.28. The fourth-order valence-electron chi connectivity index (χ4n) is 7.19. The third kappa shape index (κ3) is 13.4. The van der Waals surface area contributed by atoms with Crippen LogP contribution in [0.5, 0.6) is 0 Å². The van der Waals surface area contributed by atoms with Gasteiger partial charge in [-0.05, 0) is 37.8 Å². The first-order valence-corrected chi connectivity index (χ1v) is 23.5. The highest BCUT2D eigenvalue weighted by Crippen LogP contribution is 2.39. The van der Waals surface area contributed by atoms with Crippen molar-refractivity contribution in [2.24, 2.45) is 33.6 Å². The second-order valence-electron chi connectivity index (χ2n) is 15.6. The van der Waals surface area contributed by atoms with Crippen LogP contribution in [0.3, 0.4) is 0 Å². The summed E-state index contributed by atoms with van der Waals surface area (Å²) in [5, 5.41) is 26.5. The summed E-state index contributed by atoms with van der Waals surface area (Å²) in [6.45, 7) is 2.15. The Morgan fingerprint density at radius 1 is 0.716 bits per heavy atom. The number of aromatic carboxylic acids is 2. The zero-order valence-electron chi connectivity index (χ0n) is 36.4. The van der Waals surface area contributed by atoms with Crippen molar-refractivity contribution in [1.82, 2.24) is 19.1 Å². The van der Waals surface area contributed by atoms with E-state index in [1.165, 1.54) is 26.6 Å². The number of rotatable bonds is 10. The topological polar surface area (TPSA) is 386 Å². The maximum absolute atomic E-state index is 14.9. The lowest BCUT2D eigenvalue weighted by molar-refractivity contribution is 0.0684. The van der Waals surface area contributed by atoms with Gasteiger partial charge in [0.2, 0.25) is 10.9 Å². The lowest BCUT2D eigenvalue weighted by Gasteiger charge is -2.19. The molecule has 4 aromatic rings. The molecule has 0 amide bonds. The summed E-state index contributed by atoms with van der Waals surface area (Å²) in [5.74, 6) is -4.05. The van der Waals surface area contributed by atoms with Crippen LogP contribution in [0.25, 0.3) is 22.1 Å². The van der Waals surface area contributed by atoms with Crippen LogP contribution >= 0.6 is 0 Å². The Labute approximate surface area is 380 Å². The Morgan fingerprint density at radius 2 is 1.03 bits per heavy atom. The molecule has 8 rings (SSSR count). The Morgan fingerprint density at radius 3 is 1.28 bits per heavy atom. The number of carbonyl (C=O) groups is 2. The zero-order valence-corrected chi connectivity index (χ0v) is 38.0. The third-order valence-corrected chi connectivity index (χ3v) is 10.3. The van der Waals surface area contributed by atoms with Crippen LogP contribution in [0.1, 0.15) is 58.5 Å². The molecule has 2 atom stereocenters. The van der Waals surface area contributed by atoms with Gasteiger partial charge < -0.3 is 55.8 Å². The molecule has 67 heavy (non-hydrogen) atoms. The zero-order chi connectivity index (χ0) is 49.0. The first-order valence-electron chi connectivity index (χ1n) is 19.8. The molecule has 4 fully saturated rings. The molecule has 2 aliphatic heterocycles. The van der Waals surface area contributed by atoms with Crippen LogP contribution < -0.4 is 32.1 Å². The Kier molecular flexibility index (Phi) is 17.2. The maximum atomic E-state index is 14.9. The Hall–Kier alpha value is -6.24. The second-order valence-corrected chi connectivity index (χ2v) is 18.5. The van der Waals surface area contributed by atoms with Crippen molar-refractivity contribution in [3.63, 3.8) is 0 Å². The fraction of sp³-hybridized carbons (Fsp3) is 0.474. The summed E-state index contributed by atoms with van der Waals surface area (Å²) < 4.78 is 84.8. The van der Waals surface area contributed by atoms with Crippen LogP contribution in [0.2, 0.25) is 0 Å². The molecule has 0 radical (unpaired) electrons. The Bertz CT molecular complexity index is 2730. The van der Waals surface area contributed by atoms with Gasteiger partial charge in [-0.15, -0.1) is 0 Å². The molecule has 2 saturated carbocycles. The number of nitrogens with zero attached hydrogens (tertiary/aromatic N) is 8. The molecule has 0 spiro atoms. The van der Waals surface area contributed by atoms with E-state index in [4.69, 9.17) is 30.2 Å². The van der Waals surface area contributed by atoms with Gasteiger partial charge in [-0.1, -0.05) is 10.3 Å². The Balaban J connectivity index is 0.000000241. The lowest BCUT2D eigenvalue weighted by Crippen LogP contribution is -2.26. The number of hydrogen-bond acceptors (Lipinski definition) is 18. The summed E-state index contributed by atoms with van der Waals surface area (Å²) in [5.41, 5.74) is 11.3. The van der Waals surface area contributed by atoms with Gasteiger partial charge in [-0.3, -0.25) is 18.7 Å². The van der Waals surface area contributed by atoms with Gasteiger partial charge in [-0.25, -0.2) is 28.3 Å². The third-order valence-electron chi connectivity index (χ3n) is 10.3. The van der Waals surface area contributed by atoms with Crippen molar-refractivity contribution in [2.75, 3.05) is 75.8 Å². The van der Waals surface area contributed by atoms with Gasteiger partial charge >= 0.3 is 11.9 Å². The van der Waals surface area contributed by atoms with Gasteiger partial charge in [0.25, 0.3) is 20.2 Å². The number of oxime groups is 2. The molecule has 4 aliphatic rings. The number of nitrogens with two attached hydrogens (primary N) is 2. The normalized spacial score (nSPS) is 19.2. The van der Waals surface area contributed by atoms with E-state index in [0.717, 1.165) is 37.8 Å². The molecule has 6 heterocycles. The fourth-order valence-corrected chi connectivity index (χ4v) is 7.19. The minimum atomic E-state index is -3.67. The lowest BCUT2D eigenvalue weighted by atomic mass is 10.1. The number of fused-ring (bicyclic) bond motifs is 2. The van der Waals surface area contributed by atoms with Crippen molar-refractivity contribution in [2.45, 2.75) is 37.8 Å². The predicted octanol–water partition coefficient (Wildman–Crippen LogP) is 0.115. The van der Waals surface area contributed by atoms with E-state index in [0.29, 0.717) is 63.2 Å². The van der Waals surface area contributed by atoms with Gasteiger partial charge in [0, 0.05) is 62.5 Å². The molecule has 368 valence electrons. The van der Waals surface area contributed by atoms with Crippen molar-refractivity contribution < 1.29 is 69.7 Å². The van der Waals surface area contributed by atoms with Crippen LogP contribution in [0.4, 0.5) is 20.4 Å². The molecule has 4 aromatic heterocycles. The van der Waals surface area contributed by atoms with Crippen molar-refractivity contribution in [1.29, 1.82) is 0 Å². The van der Waals surface area contributed by atoms with Crippen molar-refractivity contribution in [3.8, 4) is 0 Å². The van der Waals surface area contributed by atoms with E-state index in [-0.39, 0.29) is 74.2 Å². The second kappa shape index (κ2) is 21.6. The van der Waals surface area contributed by atoms with Crippen LogP contribution in [-0.4, -0.2) is 150 Å². The molecule has 0 aromatic carbocycles. The summed E-state index contributed by atoms with van der Waals surface area (Å²) in [7, 11) is -4.46. The van der Waals surface area contributed by atoms with E-state index in [2.05, 4.69) is 20.3 Å². The van der Waals surface area contributed by atoms with Gasteiger partial charge in [0.15, 0.2) is 23.3 Å². The van der Waals surface area contributed by atoms with E-state index in [1.807, 2.05) is 0 Å². The first kappa shape index (κ1) is 53.4. The average molecular weight is 989 g/mol. The number of carboxylic acid groups (broad SMARTS) is 2. The number of pyridine rings is 4. The molecule has 29 heteroatoms. The number of hydrogen-bond donors (Lipinski definition) is 6. The SMILES string of the molecule is CON=C1CN(c2nc3c(cc2F)c(=O)c(C(=O)O)cn3C2CC2)C[C@@H]1CN.CON=C1CN(c2nc3c(cc2F)c(=O)c(C(=O)O)cn3C2CC2)C[C@@H]1CN.CS(=O)(=O)O.CS(=O)(=O)O.O. The van der Waals surface area contributed by atoms with Crippen LogP contribution in [0, 0.1) is 23.5 Å². The summed E-state index contributed by atoms with van der Waals surface area (Å²) in [6.07, 6.45) is 7.47. The van der Waals surface area contributed by atoms with Crippen molar-refractivity contribution in [3.05, 3.63) is 67.7 Å². The molecule has 0 unspecified atom stereocenters. The first-order chi connectivity index (χ1) is 30.9. The van der Waals surface area contributed by atoms with E-state index < -0.39 is 54.7 Å². The van der Waals surface area contributed by atoms with Gasteiger partial charge in [0.1, 0.15) is 36.6 Å². The number of carboxylic acids is 2. The smallest absolute Gasteiger partial charge is 0.341 e. The van der Waals surface area contributed by atoms with Crippen LogP contribution in [0.15, 0.2) is 44.4 Å². The van der Waals surface area contributed by atoms with E-state index in [1.54, 1.807) is 18.9 Å². The monoisotopic (exact) mass is 988 g/mol. The highest BCUT2D eigenvalue weighted by atomic mass is 32.2. The molecular formula is C38H50F2N10O15S2. The molecule has 0 bridgehead atoms. The van der Waals surface area contributed by atoms with E-state index in [9.17, 15) is 55.0 Å². The molecule has 25 nitrogen and oxygen atoms in total. The molecule has 2 aliphatic carbocycles. The summed E-state index contributed by atoms with van der Waals surface area (Å²) >= 11 is 0. The molecule has 2 saturated heterocycles. The van der Waals surface area contributed by atoms with Gasteiger partial charge in [0.05, 0.1) is 47.8 Å². The molecular weight excluding hydrogens is 939 g/mol. The largest absolute Gasteiger partial charge is 0.477 e. The summed E-state index contributed by atoms with van der Waals surface area (Å²) in [4.78, 5) is 69.8. The predicted molar refractivity (Wildman–Crippen MR) is 239 cm³/mol. The number of halogens is 2.